The highest BCUT2D eigenvalue weighted by atomic mass is 35.5. The molecule has 2 aromatic heterocycles. The number of benzene rings is 1. The van der Waals surface area contributed by atoms with Gasteiger partial charge in [-0.15, -0.1) is 0 Å². The molecule has 0 aliphatic carbocycles. The zero-order valence-corrected chi connectivity index (χ0v) is 12.5. The molecular weight excluding hydrogens is 311 g/mol. The molecule has 0 atom stereocenters. The predicted octanol–water partition coefficient (Wildman–Crippen LogP) is 3.53. The third-order valence-electron chi connectivity index (χ3n) is 3.01. The van der Waals surface area contributed by atoms with Crippen molar-refractivity contribution in [3.05, 3.63) is 52.4 Å². The summed E-state index contributed by atoms with van der Waals surface area (Å²) in [6.07, 6.45) is 3.04. The molecule has 0 spiro atoms. The Morgan fingerprint density at radius 2 is 1.90 bits per heavy atom. The number of hydrogen-bond donors (Lipinski definition) is 1. The normalized spacial score (nSPS) is 10.8. The highest BCUT2D eigenvalue weighted by molar-refractivity contribution is 6.38. The lowest BCUT2D eigenvalue weighted by Gasteiger charge is -2.07. The molecule has 1 N–H and O–H groups in total. The second-order valence-electron chi connectivity index (χ2n) is 4.47. The van der Waals surface area contributed by atoms with Crippen molar-refractivity contribution in [1.82, 2.24) is 14.5 Å². The van der Waals surface area contributed by atoms with Gasteiger partial charge in [0.1, 0.15) is 5.52 Å². The molecule has 0 unspecified atom stereocenters. The van der Waals surface area contributed by atoms with Crippen LogP contribution in [0.2, 0.25) is 10.0 Å². The number of imidazole rings is 1. The third kappa shape index (κ3) is 2.57. The van der Waals surface area contributed by atoms with Gasteiger partial charge in [0.05, 0.1) is 16.9 Å². The first-order valence-corrected chi connectivity index (χ1v) is 6.84. The van der Waals surface area contributed by atoms with Gasteiger partial charge < -0.3 is 9.88 Å². The minimum absolute atomic E-state index is 0.276. The van der Waals surface area contributed by atoms with Gasteiger partial charge >= 0.3 is 0 Å². The maximum absolute atomic E-state index is 12.3. The van der Waals surface area contributed by atoms with Gasteiger partial charge in [-0.2, -0.15) is 0 Å². The van der Waals surface area contributed by atoms with Crippen LogP contribution in [0.3, 0.4) is 0 Å². The Balaban J connectivity index is 1.94. The van der Waals surface area contributed by atoms with Gasteiger partial charge in [0.15, 0.2) is 5.65 Å². The summed E-state index contributed by atoms with van der Waals surface area (Å²) < 4.78 is 1.74. The van der Waals surface area contributed by atoms with Crippen molar-refractivity contribution in [1.29, 1.82) is 0 Å². The Kier molecular flexibility index (Phi) is 3.53. The molecule has 3 aromatic rings. The molecule has 3 rings (SSSR count). The summed E-state index contributed by atoms with van der Waals surface area (Å²) in [6, 6.07) is 6.81. The molecule has 1 amide bonds. The van der Waals surface area contributed by atoms with E-state index < -0.39 is 0 Å². The van der Waals surface area contributed by atoms with Gasteiger partial charge in [-0.3, -0.25) is 4.79 Å². The lowest BCUT2D eigenvalue weighted by molar-refractivity contribution is 0.102. The van der Waals surface area contributed by atoms with Crippen LogP contribution >= 0.6 is 23.2 Å². The van der Waals surface area contributed by atoms with Gasteiger partial charge in [-0.25, -0.2) is 9.97 Å². The van der Waals surface area contributed by atoms with Crippen LogP contribution < -0.4 is 5.32 Å². The summed E-state index contributed by atoms with van der Waals surface area (Å²) in [5.74, 6) is -0.345. The van der Waals surface area contributed by atoms with E-state index >= 15 is 0 Å². The van der Waals surface area contributed by atoms with E-state index in [1.807, 2.05) is 7.05 Å². The number of carbonyl (C=O) groups excluding carboxylic acids is 1. The molecule has 0 radical (unpaired) electrons. The van der Waals surface area contributed by atoms with Crippen molar-refractivity contribution < 1.29 is 4.79 Å². The van der Waals surface area contributed by atoms with Crippen molar-refractivity contribution in [2.45, 2.75) is 0 Å². The second kappa shape index (κ2) is 5.35. The van der Waals surface area contributed by atoms with Crippen molar-refractivity contribution in [2.24, 2.45) is 7.05 Å². The second-order valence-corrected chi connectivity index (χ2v) is 5.29. The monoisotopic (exact) mass is 320 g/mol. The molecule has 2 heterocycles. The number of nitrogens with one attached hydrogen (secondary N) is 1. The number of pyridine rings is 1. The maximum Gasteiger partial charge on any atom is 0.258 e. The summed E-state index contributed by atoms with van der Waals surface area (Å²) in [5, 5.41) is 3.63. The number of anilines is 1. The van der Waals surface area contributed by atoms with E-state index in [1.165, 1.54) is 6.20 Å². The summed E-state index contributed by atoms with van der Waals surface area (Å²) in [4.78, 5) is 20.6. The number of aryl methyl sites for hydroxylation is 1. The van der Waals surface area contributed by atoms with Crippen LogP contribution in [0.5, 0.6) is 0 Å². The Hall–Kier alpha value is -2.11. The van der Waals surface area contributed by atoms with Gasteiger partial charge in [-0.05, 0) is 24.3 Å². The van der Waals surface area contributed by atoms with Crippen LogP contribution in [0.4, 0.5) is 5.69 Å². The number of hydrogen-bond acceptors (Lipinski definition) is 3. The Bertz CT molecular complexity index is 827. The number of rotatable bonds is 2. The van der Waals surface area contributed by atoms with Crippen molar-refractivity contribution in [3.63, 3.8) is 0 Å². The van der Waals surface area contributed by atoms with Gasteiger partial charge in [0.2, 0.25) is 0 Å². The van der Waals surface area contributed by atoms with Gasteiger partial charge in [-0.1, -0.05) is 23.2 Å². The first-order valence-electron chi connectivity index (χ1n) is 6.08. The fraction of sp³-hybridized carbons (Fsp3) is 0.0714. The van der Waals surface area contributed by atoms with E-state index in [4.69, 9.17) is 23.2 Å². The average molecular weight is 321 g/mol. The number of aromatic nitrogens is 3. The molecule has 0 aliphatic heterocycles. The number of nitrogens with zero attached hydrogens (tertiary/aromatic N) is 3. The van der Waals surface area contributed by atoms with E-state index in [1.54, 1.807) is 35.2 Å². The summed E-state index contributed by atoms with van der Waals surface area (Å²) in [6.45, 7) is 0. The summed E-state index contributed by atoms with van der Waals surface area (Å²) in [7, 11) is 1.81. The van der Waals surface area contributed by atoms with Crippen molar-refractivity contribution in [3.8, 4) is 0 Å². The molecule has 5 nitrogen and oxygen atoms in total. The lowest BCUT2D eigenvalue weighted by atomic mass is 10.2. The Labute approximate surface area is 130 Å². The largest absolute Gasteiger partial charge is 0.322 e. The molecule has 1 aromatic carbocycles. The van der Waals surface area contributed by atoms with Crippen LogP contribution in [-0.4, -0.2) is 20.4 Å². The Morgan fingerprint density at radius 3 is 2.62 bits per heavy atom. The SMILES string of the molecule is Cn1cnc2c(Cl)c(C(=O)Nc3ccc(Cl)cc3)cnc21. The van der Waals surface area contributed by atoms with E-state index in [2.05, 4.69) is 15.3 Å². The van der Waals surface area contributed by atoms with Gasteiger partial charge in [0, 0.05) is 24.0 Å². The molecule has 0 saturated carbocycles. The van der Waals surface area contributed by atoms with E-state index in [-0.39, 0.29) is 16.5 Å². The molecule has 106 valence electrons. The summed E-state index contributed by atoms with van der Waals surface area (Å²) in [5.41, 5.74) is 2.03. The zero-order valence-electron chi connectivity index (χ0n) is 11.0. The third-order valence-corrected chi connectivity index (χ3v) is 3.65. The minimum atomic E-state index is -0.345. The van der Waals surface area contributed by atoms with Crippen LogP contribution in [-0.2, 0) is 7.05 Å². The number of amides is 1. The van der Waals surface area contributed by atoms with Crippen molar-refractivity contribution in [2.75, 3.05) is 5.32 Å². The van der Waals surface area contributed by atoms with Crippen LogP contribution in [0.15, 0.2) is 36.8 Å². The van der Waals surface area contributed by atoms with Crippen LogP contribution in [0.25, 0.3) is 11.2 Å². The predicted molar refractivity (Wildman–Crippen MR) is 82.9 cm³/mol. The molecule has 0 fully saturated rings. The Morgan fingerprint density at radius 1 is 1.19 bits per heavy atom. The minimum Gasteiger partial charge on any atom is -0.322 e. The molecule has 0 saturated heterocycles. The highest BCUT2D eigenvalue weighted by Gasteiger charge is 2.16. The number of halogens is 2. The standard InChI is InChI=1S/C14H10Cl2N4O/c1-20-7-18-12-11(16)10(6-17-13(12)20)14(21)19-9-4-2-8(15)3-5-9/h2-7H,1H3,(H,19,21). The van der Waals surface area contributed by atoms with E-state index in [0.29, 0.717) is 21.9 Å². The molecule has 7 heteroatoms. The fourth-order valence-corrected chi connectivity index (χ4v) is 2.32. The molecule has 0 aliphatic rings. The molecule has 21 heavy (non-hydrogen) atoms. The van der Waals surface area contributed by atoms with Crippen LogP contribution in [0.1, 0.15) is 10.4 Å². The first kappa shape index (κ1) is 13.9. The summed E-state index contributed by atoms with van der Waals surface area (Å²) >= 11 is 12.0. The average Bonchev–Trinajstić information content (AvgIpc) is 2.84. The quantitative estimate of drug-likeness (QED) is 0.785. The zero-order chi connectivity index (χ0) is 15.0. The van der Waals surface area contributed by atoms with Crippen LogP contribution in [0, 0.1) is 0 Å². The fourth-order valence-electron chi connectivity index (χ4n) is 1.93. The van der Waals surface area contributed by atoms with E-state index in [0.717, 1.165) is 0 Å². The lowest BCUT2D eigenvalue weighted by Crippen LogP contribution is -2.13. The molecular formula is C14H10Cl2N4O. The highest BCUT2D eigenvalue weighted by Crippen LogP contribution is 2.25. The van der Waals surface area contributed by atoms with E-state index in [9.17, 15) is 4.79 Å². The van der Waals surface area contributed by atoms with Crippen molar-refractivity contribution >= 4 is 46.0 Å². The smallest absolute Gasteiger partial charge is 0.258 e. The topological polar surface area (TPSA) is 59.8 Å². The number of carbonyl (C=O) groups is 1. The van der Waals surface area contributed by atoms with Gasteiger partial charge in [0.25, 0.3) is 5.91 Å². The first-order chi connectivity index (χ1) is 10.1. The molecule has 0 bridgehead atoms. The maximum atomic E-state index is 12.3. The number of fused-ring (bicyclic) bond motifs is 1.